The van der Waals surface area contributed by atoms with Gasteiger partial charge in [0.1, 0.15) is 0 Å². The maximum absolute atomic E-state index is 11.2. The highest BCUT2D eigenvalue weighted by molar-refractivity contribution is 5.93. The standard InChI is InChI=1S/C13H18N2O/c1-3-13(16)12(14)10-15(2)9-11-7-5-4-6-8-11/h3-8,12H,1,9-10,14H2,2H3. The number of hydrogen-bond donors (Lipinski definition) is 1. The molecule has 0 aliphatic rings. The first-order valence-corrected chi connectivity index (χ1v) is 5.28. The van der Waals surface area contributed by atoms with Crippen LogP contribution >= 0.6 is 0 Å². The molecule has 0 saturated heterocycles. The molecule has 0 spiro atoms. The minimum Gasteiger partial charge on any atom is -0.320 e. The molecule has 0 aliphatic heterocycles. The van der Waals surface area contributed by atoms with Crippen molar-refractivity contribution in [2.24, 2.45) is 5.73 Å². The number of hydrogen-bond acceptors (Lipinski definition) is 3. The normalized spacial score (nSPS) is 12.4. The van der Waals surface area contributed by atoms with Crippen molar-refractivity contribution in [2.75, 3.05) is 13.6 Å². The summed E-state index contributed by atoms with van der Waals surface area (Å²) in [7, 11) is 1.95. The summed E-state index contributed by atoms with van der Waals surface area (Å²) in [6.45, 7) is 4.76. The van der Waals surface area contributed by atoms with Crippen LogP contribution in [-0.2, 0) is 11.3 Å². The van der Waals surface area contributed by atoms with Gasteiger partial charge in [0, 0.05) is 13.1 Å². The fraction of sp³-hybridized carbons (Fsp3) is 0.308. The van der Waals surface area contributed by atoms with Crippen molar-refractivity contribution in [1.82, 2.24) is 4.90 Å². The molecule has 0 aromatic heterocycles. The second-order valence-corrected chi connectivity index (χ2v) is 3.90. The molecule has 1 rings (SSSR count). The van der Waals surface area contributed by atoms with E-state index < -0.39 is 6.04 Å². The first-order chi connectivity index (χ1) is 7.63. The van der Waals surface area contributed by atoms with E-state index in [0.29, 0.717) is 6.54 Å². The number of carbonyl (C=O) groups is 1. The lowest BCUT2D eigenvalue weighted by atomic mass is 10.1. The van der Waals surface area contributed by atoms with E-state index >= 15 is 0 Å². The van der Waals surface area contributed by atoms with Crippen LogP contribution in [0, 0.1) is 0 Å². The molecule has 0 amide bonds. The van der Waals surface area contributed by atoms with Crippen LogP contribution in [0.15, 0.2) is 43.0 Å². The first kappa shape index (κ1) is 12.6. The van der Waals surface area contributed by atoms with Gasteiger partial charge in [-0.05, 0) is 18.7 Å². The van der Waals surface area contributed by atoms with Crippen LogP contribution in [0.1, 0.15) is 5.56 Å². The molecule has 3 nitrogen and oxygen atoms in total. The molecular formula is C13H18N2O. The summed E-state index contributed by atoms with van der Waals surface area (Å²) in [5.74, 6) is -0.111. The molecule has 0 fully saturated rings. The van der Waals surface area contributed by atoms with E-state index in [1.54, 1.807) is 0 Å². The summed E-state index contributed by atoms with van der Waals surface area (Å²) in [5, 5.41) is 0. The van der Waals surface area contributed by atoms with Crippen LogP contribution in [0.25, 0.3) is 0 Å². The maximum Gasteiger partial charge on any atom is 0.173 e. The van der Waals surface area contributed by atoms with Crippen molar-refractivity contribution in [3.63, 3.8) is 0 Å². The third-order valence-corrected chi connectivity index (χ3v) is 2.37. The Balaban J connectivity index is 2.45. The summed E-state index contributed by atoms with van der Waals surface area (Å²) < 4.78 is 0. The van der Waals surface area contributed by atoms with Gasteiger partial charge in [-0.2, -0.15) is 0 Å². The number of carbonyl (C=O) groups excluding carboxylic acids is 1. The predicted molar refractivity (Wildman–Crippen MR) is 66.0 cm³/mol. The minimum atomic E-state index is -0.480. The first-order valence-electron chi connectivity index (χ1n) is 5.28. The lowest BCUT2D eigenvalue weighted by molar-refractivity contribution is -0.116. The van der Waals surface area contributed by atoms with E-state index in [1.807, 2.05) is 30.1 Å². The largest absolute Gasteiger partial charge is 0.320 e. The fourth-order valence-corrected chi connectivity index (χ4v) is 1.54. The third kappa shape index (κ3) is 3.96. The van der Waals surface area contributed by atoms with Gasteiger partial charge in [-0.25, -0.2) is 0 Å². The highest BCUT2D eigenvalue weighted by Gasteiger charge is 2.12. The van der Waals surface area contributed by atoms with Crippen molar-refractivity contribution in [1.29, 1.82) is 0 Å². The van der Waals surface area contributed by atoms with Crippen LogP contribution in [0.4, 0.5) is 0 Å². The molecular weight excluding hydrogens is 200 g/mol. The van der Waals surface area contributed by atoms with Gasteiger partial charge in [0.05, 0.1) is 6.04 Å². The molecule has 0 bridgehead atoms. The lowest BCUT2D eigenvalue weighted by Gasteiger charge is -2.19. The van der Waals surface area contributed by atoms with E-state index in [9.17, 15) is 4.79 Å². The van der Waals surface area contributed by atoms with Gasteiger partial charge in [0.25, 0.3) is 0 Å². The van der Waals surface area contributed by atoms with Gasteiger partial charge in [0.2, 0.25) is 0 Å². The van der Waals surface area contributed by atoms with Gasteiger partial charge < -0.3 is 10.6 Å². The Morgan fingerprint density at radius 3 is 2.69 bits per heavy atom. The maximum atomic E-state index is 11.2. The van der Waals surface area contributed by atoms with Crippen LogP contribution in [0.3, 0.4) is 0 Å². The van der Waals surface area contributed by atoms with Crippen LogP contribution < -0.4 is 5.73 Å². The molecule has 2 N–H and O–H groups in total. The number of nitrogens with two attached hydrogens (primary N) is 1. The second-order valence-electron chi connectivity index (χ2n) is 3.90. The number of likely N-dealkylation sites (N-methyl/N-ethyl adjacent to an activating group) is 1. The van der Waals surface area contributed by atoms with Crippen LogP contribution in [0.2, 0.25) is 0 Å². The molecule has 0 saturated carbocycles. The quantitative estimate of drug-likeness (QED) is 0.730. The highest BCUT2D eigenvalue weighted by Crippen LogP contribution is 2.02. The van der Waals surface area contributed by atoms with Gasteiger partial charge >= 0.3 is 0 Å². The Hall–Kier alpha value is -1.45. The number of rotatable bonds is 6. The fourth-order valence-electron chi connectivity index (χ4n) is 1.54. The molecule has 1 unspecified atom stereocenters. The van der Waals surface area contributed by atoms with E-state index in [4.69, 9.17) is 5.73 Å². The molecule has 1 atom stereocenters. The summed E-state index contributed by atoms with van der Waals surface area (Å²) in [6, 6.07) is 9.60. The highest BCUT2D eigenvalue weighted by atomic mass is 16.1. The summed E-state index contributed by atoms with van der Waals surface area (Å²) in [4.78, 5) is 13.3. The second kappa shape index (κ2) is 6.20. The van der Waals surface area contributed by atoms with Crippen molar-refractivity contribution >= 4 is 5.78 Å². The molecule has 0 heterocycles. The van der Waals surface area contributed by atoms with Crippen molar-refractivity contribution in [2.45, 2.75) is 12.6 Å². The Morgan fingerprint density at radius 1 is 1.50 bits per heavy atom. The van der Waals surface area contributed by atoms with E-state index in [-0.39, 0.29) is 5.78 Å². The molecule has 0 aliphatic carbocycles. The van der Waals surface area contributed by atoms with E-state index in [1.165, 1.54) is 11.6 Å². The number of nitrogens with zero attached hydrogens (tertiary/aromatic N) is 1. The van der Waals surface area contributed by atoms with Crippen molar-refractivity contribution in [3.8, 4) is 0 Å². The van der Waals surface area contributed by atoms with E-state index in [2.05, 4.69) is 18.7 Å². The Morgan fingerprint density at radius 2 is 2.12 bits per heavy atom. The zero-order valence-electron chi connectivity index (χ0n) is 9.60. The Kier molecular flexibility index (Phi) is 4.89. The van der Waals surface area contributed by atoms with Gasteiger partial charge in [0.15, 0.2) is 5.78 Å². The zero-order valence-corrected chi connectivity index (χ0v) is 9.60. The van der Waals surface area contributed by atoms with Gasteiger partial charge in [-0.15, -0.1) is 0 Å². The number of ketones is 1. The SMILES string of the molecule is C=CC(=O)C(N)CN(C)Cc1ccccc1. The van der Waals surface area contributed by atoms with Crippen molar-refractivity contribution in [3.05, 3.63) is 48.6 Å². The zero-order chi connectivity index (χ0) is 12.0. The van der Waals surface area contributed by atoms with Crippen LogP contribution in [-0.4, -0.2) is 30.3 Å². The summed E-state index contributed by atoms with van der Waals surface area (Å²) in [5.41, 5.74) is 6.93. The smallest absolute Gasteiger partial charge is 0.173 e. The Labute approximate surface area is 96.6 Å². The predicted octanol–water partition coefficient (Wildman–Crippen LogP) is 1.20. The average Bonchev–Trinajstić information content (AvgIpc) is 2.29. The number of benzene rings is 1. The average molecular weight is 218 g/mol. The van der Waals surface area contributed by atoms with Gasteiger partial charge in [-0.3, -0.25) is 4.79 Å². The molecule has 1 aromatic carbocycles. The molecule has 86 valence electrons. The molecule has 0 radical (unpaired) electrons. The lowest BCUT2D eigenvalue weighted by Crippen LogP contribution is -2.40. The molecule has 1 aromatic rings. The van der Waals surface area contributed by atoms with Crippen molar-refractivity contribution < 1.29 is 4.79 Å². The molecule has 3 heteroatoms. The monoisotopic (exact) mass is 218 g/mol. The molecule has 16 heavy (non-hydrogen) atoms. The Bertz CT molecular complexity index is 348. The van der Waals surface area contributed by atoms with Crippen LogP contribution in [0.5, 0.6) is 0 Å². The van der Waals surface area contributed by atoms with E-state index in [0.717, 1.165) is 6.54 Å². The topological polar surface area (TPSA) is 46.3 Å². The minimum absolute atomic E-state index is 0.111. The third-order valence-electron chi connectivity index (χ3n) is 2.37. The summed E-state index contributed by atoms with van der Waals surface area (Å²) in [6.07, 6.45) is 1.28. The summed E-state index contributed by atoms with van der Waals surface area (Å²) >= 11 is 0. The van der Waals surface area contributed by atoms with Gasteiger partial charge in [-0.1, -0.05) is 36.9 Å².